The number of benzene rings is 2. The molecular formula is C20H19BrN2O5S. The maximum Gasteiger partial charge on any atom is 0.243 e. The first-order chi connectivity index (χ1) is 13.9. The summed E-state index contributed by atoms with van der Waals surface area (Å²) in [5.74, 6) is -0.212. The van der Waals surface area contributed by atoms with Crippen LogP contribution in [0.2, 0.25) is 0 Å². The fourth-order valence-corrected chi connectivity index (χ4v) is 4.98. The van der Waals surface area contributed by atoms with Crippen LogP contribution in [0.3, 0.4) is 0 Å². The molecule has 0 bridgehead atoms. The summed E-state index contributed by atoms with van der Waals surface area (Å²) in [6, 6.07) is 11.8. The van der Waals surface area contributed by atoms with Crippen molar-refractivity contribution in [3.8, 4) is 0 Å². The zero-order chi connectivity index (χ0) is 20.4. The first-order valence-electron chi connectivity index (χ1n) is 9.07. The van der Waals surface area contributed by atoms with E-state index in [1.807, 2.05) is 18.2 Å². The Kier molecular flexibility index (Phi) is 5.73. The van der Waals surface area contributed by atoms with Crippen molar-refractivity contribution in [2.45, 2.75) is 11.3 Å². The molecule has 2 aromatic carbocycles. The molecule has 1 aromatic heterocycles. The van der Waals surface area contributed by atoms with Gasteiger partial charge in [-0.25, -0.2) is 8.42 Å². The molecule has 3 aromatic rings. The van der Waals surface area contributed by atoms with Crippen molar-refractivity contribution in [2.24, 2.45) is 0 Å². The van der Waals surface area contributed by atoms with Gasteiger partial charge in [0.2, 0.25) is 15.9 Å². The molecule has 9 heteroatoms. The Bertz CT molecular complexity index is 1140. The van der Waals surface area contributed by atoms with Crippen molar-refractivity contribution in [1.82, 2.24) is 4.31 Å². The van der Waals surface area contributed by atoms with Crippen LogP contribution in [-0.2, 0) is 26.0 Å². The van der Waals surface area contributed by atoms with Gasteiger partial charge in [0.1, 0.15) is 5.58 Å². The van der Waals surface area contributed by atoms with Crippen molar-refractivity contribution in [1.29, 1.82) is 0 Å². The molecule has 0 atom stereocenters. The lowest BCUT2D eigenvalue weighted by Crippen LogP contribution is -2.40. The number of nitrogens with one attached hydrogen (secondary N) is 1. The maximum atomic E-state index is 12.7. The highest BCUT2D eigenvalue weighted by molar-refractivity contribution is 9.10. The molecule has 4 rings (SSSR count). The second-order valence-corrected chi connectivity index (χ2v) is 9.52. The van der Waals surface area contributed by atoms with Crippen molar-refractivity contribution in [3.05, 3.63) is 58.8 Å². The second kappa shape index (κ2) is 8.27. The van der Waals surface area contributed by atoms with E-state index < -0.39 is 10.0 Å². The summed E-state index contributed by atoms with van der Waals surface area (Å²) in [6.07, 6.45) is 1.73. The normalized spacial score (nSPS) is 15.5. The van der Waals surface area contributed by atoms with Gasteiger partial charge in [-0.05, 0) is 42.5 Å². The molecular weight excluding hydrogens is 460 g/mol. The third-order valence-corrected chi connectivity index (χ3v) is 7.12. The van der Waals surface area contributed by atoms with Gasteiger partial charge in [-0.2, -0.15) is 4.31 Å². The predicted molar refractivity (Wildman–Crippen MR) is 112 cm³/mol. The third-order valence-electron chi connectivity index (χ3n) is 4.71. The first-order valence-corrected chi connectivity index (χ1v) is 11.3. The number of carbonyl (C=O) groups excluding carboxylic acids is 1. The van der Waals surface area contributed by atoms with Gasteiger partial charge < -0.3 is 14.5 Å². The average Bonchev–Trinajstić information content (AvgIpc) is 3.11. The highest BCUT2D eigenvalue weighted by Crippen LogP contribution is 2.26. The molecule has 0 saturated carbocycles. The van der Waals surface area contributed by atoms with Gasteiger partial charge in [-0.1, -0.05) is 15.9 Å². The van der Waals surface area contributed by atoms with E-state index in [1.165, 1.54) is 16.4 Å². The van der Waals surface area contributed by atoms with Crippen LogP contribution in [-0.4, -0.2) is 44.9 Å². The molecule has 0 radical (unpaired) electrons. The molecule has 0 aliphatic carbocycles. The average molecular weight is 479 g/mol. The molecule has 0 unspecified atom stereocenters. The number of hydrogen-bond acceptors (Lipinski definition) is 5. The number of anilines is 1. The SMILES string of the molecule is O=C(Cc1coc2ccc(Br)cc12)Nc1ccc(S(=O)(=O)N2CCOCC2)cc1. The number of sulfonamides is 1. The molecule has 1 aliphatic rings. The van der Waals surface area contributed by atoms with Crippen LogP contribution in [0.5, 0.6) is 0 Å². The number of rotatable bonds is 5. The molecule has 1 saturated heterocycles. The van der Waals surface area contributed by atoms with E-state index in [1.54, 1.807) is 18.4 Å². The van der Waals surface area contributed by atoms with E-state index in [0.29, 0.717) is 37.6 Å². The molecule has 1 N–H and O–H groups in total. The Hall–Kier alpha value is -2.20. The van der Waals surface area contributed by atoms with Gasteiger partial charge in [0.05, 0.1) is 30.8 Å². The van der Waals surface area contributed by atoms with E-state index in [-0.39, 0.29) is 17.2 Å². The molecule has 1 amide bonds. The monoisotopic (exact) mass is 478 g/mol. The molecule has 1 fully saturated rings. The highest BCUT2D eigenvalue weighted by atomic mass is 79.9. The summed E-state index contributed by atoms with van der Waals surface area (Å²) in [5.41, 5.74) is 2.03. The topological polar surface area (TPSA) is 88.8 Å². The van der Waals surface area contributed by atoms with Gasteiger partial charge in [-0.3, -0.25) is 4.79 Å². The Labute approximate surface area is 176 Å². The summed E-state index contributed by atoms with van der Waals surface area (Å²) in [7, 11) is -3.55. The Morgan fingerprint density at radius 2 is 1.83 bits per heavy atom. The van der Waals surface area contributed by atoms with Crippen LogP contribution in [0.1, 0.15) is 5.56 Å². The quantitative estimate of drug-likeness (QED) is 0.606. The minimum absolute atomic E-state index is 0.150. The molecule has 29 heavy (non-hydrogen) atoms. The summed E-state index contributed by atoms with van der Waals surface area (Å²) in [6.45, 7) is 1.48. The van der Waals surface area contributed by atoms with Crippen LogP contribution in [0, 0.1) is 0 Å². The van der Waals surface area contributed by atoms with Gasteiger partial charge in [0, 0.05) is 34.2 Å². The predicted octanol–water partition coefficient (Wildman–Crippen LogP) is 3.40. The number of fused-ring (bicyclic) bond motifs is 1. The molecule has 152 valence electrons. The number of amides is 1. The second-order valence-electron chi connectivity index (χ2n) is 6.67. The number of ether oxygens (including phenoxy) is 1. The molecule has 7 nitrogen and oxygen atoms in total. The number of furan rings is 1. The van der Waals surface area contributed by atoms with Gasteiger partial charge >= 0.3 is 0 Å². The molecule has 1 aliphatic heterocycles. The fraction of sp³-hybridized carbons (Fsp3) is 0.250. The summed E-state index contributed by atoms with van der Waals surface area (Å²) >= 11 is 3.42. The number of nitrogens with zero attached hydrogens (tertiary/aromatic N) is 1. The lowest BCUT2D eigenvalue weighted by molar-refractivity contribution is -0.115. The van der Waals surface area contributed by atoms with Crippen molar-refractivity contribution >= 4 is 48.5 Å². The van der Waals surface area contributed by atoms with E-state index >= 15 is 0 Å². The fourth-order valence-electron chi connectivity index (χ4n) is 3.22. The van der Waals surface area contributed by atoms with Crippen LogP contribution in [0.4, 0.5) is 5.69 Å². The van der Waals surface area contributed by atoms with Gasteiger partial charge in [0.15, 0.2) is 0 Å². The maximum absolute atomic E-state index is 12.7. The molecule has 0 spiro atoms. The number of halogens is 1. The Balaban J connectivity index is 1.44. The largest absolute Gasteiger partial charge is 0.464 e. The van der Waals surface area contributed by atoms with E-state index in [9.17, 15) is 13.2 Å². The van der Waals surface area contributed by atoms with Crippen LogP contribution >= 0.6 is 15.9 Å². The first kappa shape index (κ1) is 20.1. The molecule has 2 heterocycles. The number of carbonyl (C=O) groups is 1. The van der Waals surface area contributed by atoms with Crippen molar-refractivity contribution in [3.63, 3.8) is 0 Å². The Morgan fingerprint density at radius 3 is 2.55 bits per heavy atom. The van der Waals surface area contributed by atoms with Crippen LogP contribution < -0.4 is 5.32 Å². The van der Waals surface area contributed by atoms with E-state index in [2.05, 4.69) is 21.2 Å². The smallest absolute Gasteiger partial charge is 0.243 e. The minimum Gasteiger partial charge on any atom is -0.464 e. The standard InChI is InChI=1S/C20H19BrN2O5S/c21-15-1-6-19-18(12-15)14(13-28-19)11-20(24)22-16-2-4-17(5-3-16)29(25,26)23-7-9-27-10-8-23/h1-6,12-13H,7-11H2,(H,22,24). The van der Waals surface area contributed by atoms with Gasteiger partial charge in [-0.15, -0.1) is 0 Å². The lowest BCUT2D eigenvalue weighted by atomic mass is 10.1. The van der Waals surface area contributed by atoms with Crippen LogP contribution in [0.25, 0.3) is 11.0 Å². The summed E-state index contributed by atoms with van der Waals surface area (Å²) < 4.78 is 38.3. The number of morpholine rings is 1. The third kappa shape index (κ3) is 4.37. The van der Waals surface area contributed by atoms with Crippen molar-refractivity contribution < 1.29 is 22.4 Å². The Morgan fingerprint density at radius 1 is 1.10 bits per heavy atom. The lowest BCUT2D eigenvalue weighted by Gasteiger charge is -2.26. The van der Waals surface area contributed by atoms with Crippen LogP contribution in [0.15, 0.2) is 62.5 Å². The van der Waals surface area contributed by atoms with E-state index in [4.69, 9.17) is 9.15 Å². The van der Waals surface area contributed by atoms with Crippen molar-refractivity contribution in [2.75, 3.05) is 31.6 Å². The zero-order valence-electron chi connectivity index (χ0n) is 15.4. The minimum atomic E-state index is -3.55. The van der Waals surface area contributed by atoms with E-state index in [0.717, 1.165) is 15.4 Å². The highest BCUT2D eigenvalue weighted by Gasteiger charge is 2.26. The van der Waals surface area contributed by atoms with Gasteiger partial charge in [0.25, 0.3) is 0 Å². The zero-order valence-corrected chi connectivity index (χ0v) is 17.8. The summed E-state index contributed by atoms with van der Waals surface area (Å²) in [5, 5.41) is 3.67. The number of hydrogen-bond donors (Lipinski definition) is 1. The summed E-state index contributed by atoms with van der Waals surface area (Å²) in [4.78, 5) is 12.6.